The largest absolute Gasteiger partial charge is 0.497 e. The van der Waals surface area contributed by atoms with E-state index < -0.39 is 5.97 Å². The number of benzene rings is 2. The van der Waals surface area contributed by atoms with Gasteiger partial charge in [-0.25, -0.2) is 4.79 Å². The molecule has 1 N–H and O–H groups in total. The summed E-state index contributed by atoms with van der Waals surface area (Å²) in [6.45, 7) is 1.43. The molecule has 0 spiro atoms. The van der Waals surface area contributed by atoms with Crippen LogP contribution in [0.4, 0.5) is 5.69 Å². The Morgan fingerprint density at radius 2 is 1.48 bits per heavy atom. The fourth-order valence-electron chi connectivity index (χ4n) is 1.70. The molecule has 0 aliphatic rings. The molecule has 21 heavy (non-hydrogen) atoms. The van der Waals surface area contributed by atoms with Crippen LogP contribution in [0, 0.1) is 0 Å². The third-order valence-electron chi connectivity index (χ3n) is 2.71. The average molecular weight is 285 g/mol. The highest BCUT2D eigenvalue weighted by molar-refractivity contribution is 5.91. The fraction of sp³-hybridized carbons (Fsp3) is 0.125. The molecule has 108 valence electrons. The Bertz CT molecular complexity index is 632. The van der Waals surface area contributed by atoms with Gasteiger partial charge in [0.05, 0.1) is 12.7 Å². The van der Waals surface area contributed by atoms with Gasteiger partial charge in [-0.05, 0) is 48.5 Å². The van der Waals surface area contributed by atoms with Crippen LogP contribution in [-0.2, 0) is 4.79 Å². The van der Waals surface area contributed by atoms with E-state index in [9.17, 15) is 9.59 Å². The van der Waals surface area contributed by atoms with Crippen molar-refractivity contribution in [3.63, 3.8) is 0 Å². The number of carbonyl (C=O) groups excluding carboxylic acids is 2. The Hall–Kier alpha value is -2.82. The molecular weight excluding hydrogens is 270 g/mol. The van der Waals surface area contributed by atoms with E-state index in [1.807, 2.05) is 0 Å². The Morgan fingerprint density at radius 3 is 2.00 bits per heavy atom. The number of nitrogens with one attached hydrogen (secondary N) is 1. The van der Waals surface area contributed by atoms with E-state index in [1.165, 1.54) is 6.92 Å². The Kier molecular flexibility index (Phi) is 4.56. The Morgan fingerprint density at radius 1 is 0.905 bits per heavy atom. The normalized spacial score (nSPS) is 9.81. The van der Waals surface area contributed by atoms with Gasteiger partial charge in [-0.2, -0.15) is 0 Å². The van der Waals surface area contributed by atoms with Crippen LogP contribution in [0.25, 0.3) is 0 Å². The lowest BCUT2D eigenvalue weighted by molar-refractivity contribution is -0.114. The molecule has 0 radical (unpaired) electrons. The number of hydrogen-bond acceptors (Lipinski definition) is 4. The number of ether oxygens (including phenoxy) is 2. The third kappa shape index (κ3) is 4.07. The second-order valence-electron chi connectivity index (χ2n) is 4.32. The van der Waals surface area contributed by atoms with Gasteiger partial charge in [0.2, 0.25) is 5.91 Å². The molecule has 2 aromatic rings. The first-order valence-electron chi connectivity index (χ1n) is 6.32. The highest BCUT2D eigenvalue weighted by atomic mass is 16.5. The van der Waals surface area contributed by atoms with Crippen LogP contribution in [0.5, 0.6) is 11.5 Å². The molecule has 0 saturated carbocycles. The topological polar surface area (TPSA) is 64.6 Å². The van der Waals surface area contributed by atoms with Crippen LogP contribution >= 0.6 is 0 Å². The molecule has 0 aliphatic carbocycles. The van der Waals surface area contributed by atoms with Gasteiger partial charge in [0.25, 0.3) is 0 Å². The molecule has 0 saturated heterocycles. The van der Waals surface area contributed by atoms with Crippen LogP contribution in [0.15, 0.2) is 48.5 Å². The van der Waals surface area contributed by atoms with Crippen molar-refractivity contribution in [3.8, 4) is 11.5 Å². The number of hydrogen-bond donors (Lipinski definition) is 1. The summed E-state index contributed by atoms with van der Waals surface area (Å²) in [6.07, 6.45) is 0. The second kappa shape index (κ2) is 6.56. The summed E-state index contributed by atoms with van der Waals surface area (Å²) in [6, 6.07) is 13.2. The molecule has 5 heteroatoms. The van der Waals surface area contributed by atoms with Crippen LogP contribution in [-0.4, -0.2) is 19.0 Å². The average Bonchev–Trinajstić information content (AvgIpc) is 2.49. The van der Waals surface area contributed by atoms with E-state index in [0.29, 0.717) is 22.7 Å². The van der Waals surface area contributed by atoms with Crippen molar-refractivity contribution in [1.82, 2.24) is 0 Å². The highest BCUT2D eigenvalue weighted by Gasteiger charge is 2.08. The maximum atomic E-state index is 11.9. The second-order valence-corrected chi connectivity index (χ2v) is 4.32. The van der Waals surface area contributed by atoms with Gasteiger partial charge in [0.1, 0.15) is 11.5 Å². The van der Waals surface area contributed by atoms with E-state index in [4.69, 9.17) is 9.47 Å². The van der Waals surface area contributed by atoms with E-state index in [-0.39, 0.29) is 5.91 Å². The van der Waals surface area contributed by atoms with Crippen molar-refractivity contribution in [3.05, 3.63) is 54.1 Å². The van der Waals surface area contributed by atoms with E-state index in [1.54, 1.807) is 55.6 Å². The lowest BCUT2D eigenvalue weighted by Crippen LogP contribution is -2.09. The number of esters is 1. The summed E-state index contributed by atoms with van der Waals surface area (Å²) in [5, 5.41) is 2.64. The van der Waals surface area contributed by atoms with Crippen molar-refractivity contribution in [2.45, 2.75) is 6.92 Å². The van der Waals surface area contributed by atoms with Gasteiger partial charge >= 0.3 is 5.97 Å². The zero-order valence-electron chi connectivity index (χ0n) is 11.8. The minimum absolute atomic E-state index is 0.155. The zero-order valence-corrected chi connectivity index (χ0v) is 11.8. The van der Waals surface area contributed by atoms with Gasteiger partial charge in [0, 0.05) is 12.6 Å². The van der Waals surface area contributed by atoms with Crippen molar-refractivity contribution < 1.29 is 19.1 Å². The molecule has 2 rings (SSSR count). The van der Waals surface area contributed by atoms with E-state index in [2.05, 4.69) is 5.32 Å². The van der Waals surface area contributed by atoms with Gasteiger partial charge in [0.15, 0.2) is 0 Å². The van der Waals surface area contributed by atoms with Crippen LogP contribution in [0.3, 0.4) is 0 Å². The molecule has 2 aromatic carbocycles. The first-order chi connectivity index (χ1) is 10.1. The fourth-order valence-corrected chi connectivity index (χ4v) is 1.70. The maximum absolute atomic E-state index is 11.9. The zero-order chi connectivity index (χ0) is 15.2. The molecular formula is C16H15NO4. The van der Waals surface area contributed by atoms with Gasteiger partial charge in [-0.15, -0.1) is 0 Å². The minimum atomic E-state index is -0.454. The molecule has 1 amide bonds. The van der Waals surface area contributed by atoms with Gasteiger partial charge in [-0.1, -0.05) is 0 Å². The van der Waals surface area contributed by atoms with Crippen molar-refractivity contribution >= 4 is 17.6 Å². The monoisotopic (exact) mass is 285 g/mol. The smallest absolute Gasteiger partial charge is 0.343 e. The minimum Gasteiger partial charge on any atom is -0.497 e. The number of amides is 1. The van der Waals surface area contributed by atoms with Crippen molar-refractivity contribution in [1.29, 1.82) is 0 Å². The van der Waals surface area contributed by atoms with Crippen LogP contribution in [0.2, 0.25) is 0 Å². The van der Waals surface area contributed by atoms with E-state index in [0.717, 1.165) is 0 Å². The maximum Gasteiger partial charge on any atom is 0.343 e. The summed E-state index contributed by atoms with van der Waals surface area (Å²) in [5.41, 5.74) is 1.08. The van der Waals surface area contributed by atoms with Crippen molar-refractivity contribution in [2.24, 2.45) is 0 Å². The molecule has 5 nitrogen and oxygen atoms in total. The third-order valence-corrected chi connectivity index (χ3v) is 2.71. The molecule has 0 fully saturated rings. The SMILES string of the molecule is COc1ccc(C(=O)Oc2ccc(NC(C)=O)cc2)cc1. The highest BCUT2D eigenvalue weighted by Crippen LogP contribution is 2.18. The summed E-state index contributed by atoms with van der Waals surface area (Å²) >= 11 is 0. The number of anilines is 1. The first-order valence-corrected chi connectivity index (χ1v) is 6.32. The molecule has 0 aliphatic heterocycles. The standard InChI is InChI=1S/C16H15NO4/c1-11(18)17-13-5-9-15(10-6-13)21-16(19)12-3-7-14(20-2)8-4-12/h3-10H,1-2H3,(H,17,18). The Balaban J connectivity index is 2.03. The van der Waals surface area contributed by atoms with Crippen LogP contribution in [0.1, 0.15) is 17.3 Å². The summed E-state index contributed by atoms with van der Waals surface area (Å²) in [5.74, 6) is 0.471. The van der Waals surface area contributed by atoms with Gasteiger partial charge < -0.3 is 14.8 Å². The molecule has 0 atom stereocenters. The number of methoxy groups -OCH3 is 1. The number of rotatable bonds is 4. The number of carbonyl (C=O) groups is 2. The predicted octanol–water partition coefficient (Wildman–Crippen LogP) is 2.87. The molecule has 0 unspecified atom stereocenters. The first kappa shape index (κ1) is 14.6. The lowest BCUT2D eigenvalue weighted by Gasteiger charge is -2.06. The van der Waals surface area contributed by atoms with Crippen molar-refractivity contribution in [2.75, 3.05) is 12.4 Å². The van der Waals surface area contributed by atoms with Crippen LogP contribution < -0.4 is 14.8 Å². The van der Waals surface area contributed by atoms with E-state index >= 15 is 0 Å². The predicted molar refractivity (Wildman–Crippen MR) is 78.7 cm³/mol. The quantitative estimate of drug-likeness (QED) is 0.693. The lowest BCUT2D eigenvalue weighted by atomic mass is 10.2. The molecule has 0 aromatic heterocycles. The molecule has 0 heterocycles. The Labute approximate surface area is 122 Å². The van der Waals surface area contributed by atoms with Gasteiger partial charge in [-0.3, -0.25) is 4.79 Å². The summed E-state index contributed by atoms with van der Waals surface area (Å²) in [7, 11) is 1.56. The summed E-state index contributed by atoms with van der Waals surface area (Å²) < 4.78 is 10.3. The summed E-state index contributed by atoms with van der Waals surface area (Å²) in [4.78, 5) is 22.9. The molecule has 0 bridgehead atoms.